The number of hydrogen-bond donors (Lipinski definition) is 2. The third-order valence-corrected chi connectivity index (χ3v) is 6.48. The van der Waals surface area contributed by atoms with Gasteiger partial charge in [-0.1, -0.05) is 6.07 Å². The standard InChI is InChI=1S/C22H28N4O5S/c1-4-31-22(29)18-14(2)19(20(23)28)32-21(18)24-17(27)13-25-8-10-26(11-9-25)15-6-5-7-16(12-15)30-3/h5-7,12H,4,8-11,13H2,1-3H3,(H2,23,28)(H,24,27). The van der Waals surface area contributed by atoms with Crippen LogP contribution < -0.4 is 20.7 Å². The Kier molecular flexibility index (Phi) is 7.70. The molecule has 0 aliphatic carbocycles. The van der Waals surface area contributed by atoms with Gasteiger partial charge in [-0.05, 0) is 31.5 Å². The normalized spacial score (nSPS) is 14.2. The maximum Gasteiger partial charge on any atom is 0.341 e. The van der Waals surface area contributed by atoms with Crippen LogP contribution in [0, 0.1) is 6.92 Å². The number of hydrogen-bond acceptors (Lipinski definition) is 8. The summed E-state index contributed by atoms with van der Waals surface area (Å²) in [5.41, 5.74) is 7.10. The minimum Gasteiger partial charge on any atom is -0.497 e. The van der Waals surface area contributed by atoms with Crippen LogP contribution in [0.1, 0.15) is 32.5 Å². The lowest BCUT2D eigenvalue weighted by molar-refractivity contribution is -0.117. The molecular weight excluding hydrogens is 432 g/mol. The fourth-order valence-electron chi connectivity index (χ4n) is 3.63. The van der Waals surface area contributed by atoms with Crippen LogP contribution in [-0.4, -0.2) is 69.1 Å². The highest BCUT2D eigenvalue weighted by atomic mass is 32.1. The molecule has 172 valence electrons. The van der Waals surface area contributed by atoms with Crippen LogP contribution in [0.3, 0.4) is 0 Å². The summed E-state index contributed by atoms with van der Waals surface area (Å²) in [5.74, 6) is -0.686. The number of piperazine rings is 1. The lowest BCUT2D eigenvalue weighted by atomic mass is 10.1. The summed E-state index contributed by atoms with van der Waals surface area (Å²) in [6, 6.07) is 7.90. The molecule has 9 nitrogen and oxygen atoms in total. The summed E-state index contributed by atoms with van der Waals surface area (Å²) in [6.07, 6.45) is 0. The molecule has 0 unspecified atom stereocenters. The molecule has 1 aromatic heterocycles. The van der Waals surface area contributed by atoms with Crippen molar-refractivity contribution in [3.8, 4) is 5.75 Å². The van der Waals surface area contributed by atoms with Crippen molar-refractivity contribution >= 4 is 39.8 Å². The van der Waals surface area contributed by atoms with Gasteiger partial charge < -0.3 is 25.4 Å². The summed E-state index contributed by atoms with van der Waals surface area (Å²) in [6.45, 7) is 6.66. The molecule has 2 amide bonds. The number of nitrogens with zero attached hydrogens (tertiary/aromatic N) is 2. The summed E-state index contributed by atoms with van der Waals surface area (Å²) in [4.78, 5) is 41.3. The van der Waals surface area contributed by atoms with Crippen LogP contribution >= 0.6 is 11.3 Å². The van der Waals surface area contributed by atoms with Gasteiger partial charge in [0.05, 0.1) is 30.7 Å². The predicted molar refractivity (Wildman–Crippen MR) is 124 cm³/mol. The Morgan fingerprint density at radius 3 is 2.53 bits per heavy atom. The molecule has 1 saturated heterocycles. The van der Waals surface area contributed by atoms with E-state index < -0.39 is 11.9 Å². The third kappa shape index (κ3) is 5.38. The molecule has 2 aromatic rings. The number of esters is 1. The Balaban J connectivity index is 1.62. The average molecular weight is 461 g/mol. The van der Waals surface area contributed by atoms with Gasteiger partial charge in [-0.2, -0.15) is 0 Å². The predicted octanol–water partition coefficient (Wildman–Crippen LogP) is 2.10. The van der Waals surface area contributed by atoms with E-state index in [4.69, 9.17) is 15.2 Å². The minimum atomic E-state index is -0.646. The van der Waals surface area contributed by atoms with E-state index in [0.717, 1.165) is 35.9 Å². The first-order valence-electron chi connectivity index (χ1n) is 10.4. The van der Waals surface area contributed by atoms with Crippen molar-refractivity contribution in [1.29, 1.82) is 0 Å². The molecular formula is C22H28N4O5S. The van der Waals surface area contributed by atoms with Crippen LogP contribution in [0.15, 0.2) is 24.3 Å². The van der Waals surface area contributed by atoms with E-state index in [0.29, 0.717) is 18.7 Å². The molecule has 0 saturated carbocycles. The topological polar surface area (TPSA) is 114 Å². The second-order valence-corrected chi connectivity index (χ2v) is 8.38. The van der Waals surface area contributed by atoms with Gasteiger partial charge in [-0.15, -0.1) is 11.3 Å². The van der Waals surface area contributed by atoms with Gasteiger partial charge >= 0.3 is 5.97 Å². The Hall–Kier alpha value is -3.11. The van der Waals surface area contributed by atoms with Gasteiger partial charge in [0.2, 0.25) is 5.91 Å². The average Bonchev–Trinajstić information content (AvgIpc) is 3.10. The number of nitrogens with one attached hydrogen (secondary N) is 1. The smallest absolute Gasteiger partial charge is 0.341 e. The van der Waals surface area contributed by atoms with E-state index in [1.165, 1.54) is 0 Å². The molecule has 32 heavy (non-hydrogen) atoms. The van der Waals surface area contributed by atoms with Gasteiger partial charge in [-0.3, -0.25) is 14.5 Å². The van der Waals surface area contributed by atoms with Crippen LogP contribution in [0.25, 0.3) is 0 Å². The SMILES string of the molecule is CCOC(=O)c1c(NC(=O)CN2CCN(c3cccc(OC)c3)CC2)sc(C(N)=O)c1C. The zero-order chi connectivity index (χ0) is 23.3. The number of amides is 2. The number of nitrogens with two attached hydrogens (primary N) is 1. The van der Waals surface area contributed by atoms with Gasteiger partial charge in [-0.25, -0.2) is 4.79 Å². The Morgan fingerprint density at radius 2 is 1.91 bits per heavy atom. The maximum atomic E-state index is 12.7. The highest BCUT2D eigenvalue weighted by Gasteiger charge is 2.26. The molecule has 3 N–H and O–H groups in total. The quantitative estimate of drug-likeness (QED) is 0.580. The van der Waals surface area contributed by atoms with Crippen molar-refractivity contribution in [3.63, 3.8) is 0 Å². The van der Waals surface area contributed by atoms with Crippen molar-refractivity contribution in [2.24, 2.45) is 5.73 Å². The van der Waals surface area contributed by atoms with Crippen LogP contribution in [-0.2, 0) is 9.53 Å². The summed E-state index contributed by atoms with van der Waals surface area (Å²) in [5, 5.41) is 3.06. The molecule has 10 heteroatoms. The number of rotatable bonds is 8. The fraction of sp³-hybridized carbons (Fsp3) is 0.409. The summed E-state index contributed by atoms with van der Waals surface area (Å²) >= 11 is 0.994. The van der Waals surface area contributed by atoms with Gasteiger partial charge in [0.15, 0.2) is 0 Å². The van der Waals surface area contributed by atoms with Crippen LogP contribution in [0.5, 0.6) is 5.75 Å². The molecule has 0 spiro atoms. The second kappa shape index (κ2) is 10.5. The lowest BCUT2D eigenvalue weighted by Gasteiger charge is -2.35. The highest BCUT2D eigenvalue weighted by molar-refractivity contribution is 7.18. The maximum absolute atomic E-state index is 12.7. The van der Waals surface area contributed by atoms with Gasteiger partial charge in [0.25, 0.3) is 5.91 Å². The Labute approximate surface area is 191 Å². The van der Waals surface area contributed by atoms with Crippen LogP contribution in [0.4, 0.5) is 10.7 Å². The van der Waals surface area contributed by atoms with Crippen molar-refractivity contribution < 1.29 is 23.9 Å². The molecule has 0 bridgehead atoms. The van der Waals surface area contributed by atoms with Crippen molar-refractivity contribution in [1.82, 2.24) is 4.90 Å². The number of ether oxygens (including phenoxy) is 2. The van der Waals surface area contributed by atoms with Crippen LogP contribution in [0.2, 0.25) is 0 Å². The zero-order valence-corrected chi connectivity index (χ0v) is 19.3. The van der Waals surface area contributed by atoms with Gasteiger partial charge in [0.1, 0.15) is 10.8 Å². The number of thiophene rings is 1. The number of methoxy groups -OCH3 is 1. The zero-order valence-electron chi connectivity index (χ0n) is 18.5. The van der Waals surface area contributed by atoms with E-state index in [1.807, 2.05) is 29.2 Å². The van der Waals surface area contributed by atoms with Gasteiger partial charge in [0, 0.05) is 37.9 Å². The number of primary amides is 1. The Bertz CT molecular complexity index is 998. The first-order valence-corrected chi connectivity index (χ1v) is 11.2. The molecule has 3 rings (SSSR count). The molecule has 0 atom stereocenters. The largest absolute Gasteiger partial charge is 0.497 e. The monoisotopic (exact) mass is 460 g/mol. The van der Waals surface area contributed by atoms with Crippen molar-refractivity contribution in [2.75, 3.05) is 56.7 Å². The summed E-state index contributed by atoms with van der Waals surface area (Å²) in [7, 11) is 1.64. The third-order valence-electron chi connectivity index (χ3n) is 5.26. The number of benzene rings is 1. The van der Waals surface area contributed by atoms with Crippen molar-refractivity contribution in [2.45, 2.75) is 13.8 Å². The van der Waals surface area contributed by atoms with Crippen molar-refractivity contribution in [3.05, 3.63) is 40.3 Å². The number of anilines is 2. The fourth-order valence-corrected chi connectivity index (χ4v) is 4.69. The molecule has 1 fully saturated rings. The number of carbonyl (C=O) groups is 3. The molecule has 1 aliphatic rings. The van der Waals surface area contributed by atoms with E-state index in [1.54, 1.807) is 21.0 Å². The summed E-state index contributed by atoms with van der Waals surface area (Å²) < 4.78 is 10.4. The molecule has 0 radical (unpaired) electrons. The molecule has 1 aromatic carbocycles. The first-order chi connectivity index (χ1) is 15.3. The first kappa shape index (κ1) is 23.6. The van der Waals surface area contributed by atoms with E-state index in [2.05, 4.69) is 10.2 Å². The Morgan fingerprint density at radius 1 is 1.19 bits per heavy atom. The second-order valence-electron chi connectivity index (χ2n) is 7.36. The van der Waals surface area contributed by atoms with E-state index in [9.17, 15) is 14.4 Å². The van der Waals surface area contributed by atoms with E-state index in [-0.39, 0.29) is 34.5 Å². The highest BCUT2D eigenvalue weighted by Crippen LogP contribution is 2.33. The number of carbonyl (C=O) groups excluding carboxylic acids is 3. The minimum absolute atomic E-state index is 0.178. The van der Waals surface area contributed by atoms with E-state index >= 15 is 0 Å². The molecule has 2 heterocycles. The molecule has 1 aliphatic heterocycles. The lowest BCUT2D eigenvalue weighted by Crippen LogP contribution is -2.48.